The number of likely N-dealkylation sites (N-methyl/N-ethyl adjacent to an activating group) is 1. The molecule has 1 saturated carbocycles. The van der Waals surface area contributed by atoms with Crippen LogP contribution in [0.2, 0.25) is 0 Å². The number of urea groups is 1. The van der Waals surface area contributed by atoms with Crippen LogP contribution in [-0.2, 0) is 16.1 Å². The first-order chi connectivity index (χ1) is 14.5. The Balaban J connectivity index is 1.58. The third-order valence-electron chi connectivity index (χ3n) is 5.58. The average molecular weight is 442 g/mol. The van der Waals surface area contributed by atoms with Gasteiger partial charge in [0, 0.05) is 12.1 Å². The molecule has 1 aromatic rings. The van der Waals surface area contributed by atoms with E-state index in [-0.39, 0.29) is 24.4 Å². The van der Waals surface area contributed by atoms with Gasteiger partial charge in [-0.15, -0.1) is 13.2 Å². The van der Waals surface area contributed by atoms with Gasteiger partial charge in [-0.2, -0.15) is 5.01 Å². The zero-order valence-corrected chi connectivity index (χ0v) is 17.3. The second-order valence-electron chi connectivity index (χ2n) is 8.20. The summed E-state index contributed by atoms with van der Waals surface area (Å²) < 4.78 is 41.7. The maximum Gasteiger partial charge on any atom is 0.573 e. The van der Waals surface area contributed by atoms with Gasteiger partial charge in [0.25, 0.3) is 11.8 Å². The second-order valence-corrected chi connectivity index (χ2v) is 8.20. The van der Waals surface area contributed by atoms with Gasteiger partial charge in [-0.3, -0.25) is 19.9 Å². The monoisotopic (exact) mass is 442 g/mol. The van der Waals surface area contributed by atoms with Crippen LogP contribution in [0.25, 0.3) is 0 Å². The summed E-state index contributed by atoms with van der Waals surface area (Å²) in [5.74, 6) is -1.01. The van der Waals surface area contributed by atoms with Gasteiger partial charge in [0.1, 0.15) is 11.3 Å². The molecular weight excluding hydrogens is 417 g/mol. The van der Waals surface area contributed by atoms with E-state index in [4.69, 9.17) is 0 Å². The number of ether oxygens (including phenoxy) is 1. The van der Waals surface area contributed by atoms with E-state index in [9.17, 15) is 27.6 Å². The number of benzene rings is 1. The van der Waals surface area contributed by atoms with E-state index >= 15 is 0 Å². The molecule has 1 spiro atoms. The fourth-order valence-corrected chi connectivity index (χ4v) is 3.93. The van der Waals surface area contributed by atoms with E-state index in [1.165, 1.54) is 30.1 Å². The molecule has 170 valence electrons. The number of nitrogens with one attached hydrogen (secondary N) is 2. The van der Waals surface area contributed by atoms with Crippen LogP contribution >= 0.6 is 0 Å². The van der Waals surface area contributed by atoms with Gasteiger partial charge in [0.2, 0.25) is 0 Å². The van der Waals surface area contributed by atoms with Crippen LogP contribution in [0.4, 0.5) is 18.0 Å². The van der Waals surface area contributed by atoms with Crippen molar-refractivity contribution in [1.82, 2.24) is 20.7 Å². The maximum atomic E-state index is 12.8. The standard InChI is InChI=1S/C20H25F3N4O4/c1-13-7-9-19(10-8-13)17(29)27(18(30)24-19)25-16(28)12-26(2)11-14-5-3-4-6-15(14)31-20(21,22)23/h3-6,13H,7-12H2,1-2H3,(H,24,30)(H,25,28). The van der Waals surface area contributed by atoms with Gasteiger partial charge >= 0.3 is 12.4 Å². The number of hydrogen-bond acceptors (Lipinski definition) is 5. The Morgan fingerprint density at radius 2 is 1.94 bits per heavy atom. The summed E-state index contributed by atoms with van der Waals surface area (Å²) in [5, 5.41) is 3.40. The van der Waals surface area contributed by atoms with Crippen molar-refractivity contribution >= 4 is 17.8 Å². The van der Waals surface area contributed by atoms with Crippen molar-refractivity contribution in [2.45, 2.75) is 51.1 Å². The Kier molecular flexibility index (Phi) is 6.44. The number of carbonyl (C=O) groups is 3. The Labute approximate surface area is 177 Å². The summed E-state index contributed by atoms with van der Waals surface area (Å²) in [6.45, 7) is 1.82. The van der Waals surface area contributed by atoms with Crippen LogP contribution in [0.3, 0.4) is 0 Å². The Hall–Kier alpha value is -2.82. The fourth-order valence-electron chi connectivity index (χ4n) is 3.93. The topological polar surface area (TPSA) is 91.0 Å². The van der Waals surface area contributed by atoms with Crippen molar-refractivity contribution in [1.29, 1.82) is 0 Å². The van der Waals surface area contributed by atoms with E-state index in [0.29, 0.717) is 23.8 Å². The molecule has 1 aliphatic heterocycles. The molecule has 0 radical (unpaired) electrons. The molecule has 0 aromatic heterocycles. The van der Waals surface area contributed by atoms with E-state index < -0.39 is 29.7 Å². The normalized spacial score (nSPS) is 23.9. The highest BCUT2D eigenvalue weighted by Gasteiger charge is 2.52. The molecule has 0 unspecified atom stereocenters. The van der Waals surface area contributed by atoms with Crippen LogP contribution < -0.4 is 15.5 Å². The predicted octanol–water partition coefficient (Wildman–Crippen LogP) is 2.55. The molecule has 8 nitrogen and oxygen atoms in total. The van der Waals surface area contributed by atoms with Crippen molar-refractivity contribution < 1.29 is 32.3 Å². The second kappa shape index (κ2) is 8.74. The van der Waals surface area contributed by atoms with Crippen molar-refractivity contribution in [3.63, 3.8) is 0 Å². The lowest BCUT2D eigenvalue weighted by Gasteiger charge is -2.33. The fraction of sp³-hybridized carbons (Fsp3) is 0.550. The Morgan fingerprint density at radius 1 is 1.29 bits per heavy atom. The quantitative estimate of drug-likeness (QED) is 0.661. The highest BCUT2D eigenvalue weighted by molar-refractivity contribution is 6.08. The lowest BCUT2D eigenvalue weighted by molar-refractivity contribution is -0.275. The van der Waals surface area contributed by atoms with Crippen LogP contribution in [0.15, 0.2) is 24.3 Å². The number of rotatable bonds is 6. The lowest BCUT2D eigenvalue weighted by atomic mass is 9.77. The molecule has 2 N–H and O–H groups in total. The summed E-state index contributed by atoms with van der Waals surface area (Å²) >= 11 is 0. The molecule has 1 aliphatic carbocycles. The smallest absolute Gasteiger partial charge is 0.405 e. The van der Waals surface area contributed by atoms with E-state index in [1.807, 2.05) is 0 Å². The van der Waals surface area contributed by atoms with Crippen LogP contribution in [0.5, 0.6) is 5.75 Å². The first kappa shape index (κ1) is 22.9. The SMILES string of the molecule is CC1CCC2(CC1)NC(=O)N(NC(=O)CN(C)Cc1ccccc1OC(F)(F)F)C2=O. The Bertz CT molecular complexity index is 853. The van der Waals surface area contributed by atoms with Gasteiger partial charge in [-0.1, -0.05) is 25.1 Å². The largest absolute Gasteiger partial charge is 0.573 e. The molecule has 31 heavy (non-hydrogen) atoms. The number of nitrogens with zero attached hydrogens (tertiary/aromatic N) is 2. The summed E-state index contributed by atoms with van der Waals surface area (Å²) in [4.78, 5) is 38.9. The minimum atomic E-state index is -4.83. The predicted molar refractivity (Wildman–Crippen MR) is 103 cm³/mol. The zero-order valence-electron chi connectivity index (χ0n) is 17.3. The molecular formula is C20H25F3N4O4. The number of amides is 4. The summed E-state index contributed by atoms with van der Waals surface area (Å²) in [6.07, 6.45) is -2.20. The van der Waals surface area contributed by atoms with Gasteiger partial charge in [0.15, 0.2) is 0 Å². The number of para-hydroxylation sites is 1. The third-order valence-corrected chi connectivity index (χ3v) is 5.58. The highest BCUT2D eigenvalue weighted by Crippen LogP contribution is 2.35. The van der Waals surface area contributed by atoms with Gasteiger partial charge in [-0.05, 0) is 44.7 Å². The molecule has 11 heteroatoms. The van der Waals surface area contributed by atoms with Crippen LogP contribution in [0, 0.1) is 5.92 Å². The average Bonchev–Trinajstić information content (AvgIpc) is 2.89. The molecule has 0 atom stereocenters. The van der Waals surface area contributed by atoms with E-state index in [0.717, 1.165) is 12.8 Å². The first-order valence-corrected chi connectivity index (χ1v) is 9.97. The van der Waals surface area contributed by atoms with Crippen molar-refractivity contribution in [2.24, 2.45) is 5.92 Å². The van der Waals surface area contributed by atoms with Crippen LogP contribution in [0.1, 0.15) is 38.2 Å². The minimum absolute atomic E-state index is 0.0123. The van der Waals surface area contributed by atoms with E-state index in [1.54, 1.807) is 6.07 Å². The molecule has 3 rings (SSSR count). The maximum absolute atomic E-state index is 12.8. The first-order valence-electron chi connectivity index (χ1n) is 9.97. The molecule has 1 aromatic carbocycles. The number of halogens is 3. The summed E-state index contributed by atoms with van der Waals surface area (Å²) in [5.41, 5.74) is 1.57. The van der Waals surface area contributed by atoms with Gasteiger partial charge < -0.3 is 10.1 Å². The highest BCUT2D eigenvalue weighted by atomic mass is 19.4. The number of hydrogen-bond donors (Lipinski definition) is 2. The van der Waals surface area contributed by atoms with Crippen molar-refractivity contribution in [3.8, 4) is 5.75 Å². The van der Waals surface area contributed by atoms with Gasteiger partial charge in [0.05, 0.1) is 6.54 Å². The lowest BCUT2D eigenvalue weighted by Crippen LogP contribution is -2.52. The van der Waals surface area contributed by atoms with Crippen LogP contribution in [-0.4, -0.2) is 53.2 Å². The summed E-state index contributed by atoms with van der Waals surface area (Å²) in [7, 11) is 1.53. The zero-order chi connectivity index (χ0) is 22.8. The number of alkyl halides is 3. The number of hydrazine groups is 1. The molecule has 4 amide bonds. The molecule has 2 fully saturated rings. The minimum Gasteiger partial charge on any atom is -0.405 e. The molecule has 1 heterocycles. The number of imide groups is 1. The van der Waals surface area contributed by atoms with Crippen molar-refractivity contribution in [3.05, 3.63) is 29.8 Å². The molecule has 1 saturated heterocycles. The summed E-state index contributed by atoms with van der Waals surface area (Å²) in [6, 6.07) is 4.94. The van der Waals surface area contributed by atoms with E-state index in [2.05, 4.69) is 22.4 Å². The molecule has 0 bridgehead atoms. The Morgan fingerprint density at radius 3 is 2.58 bits per heavy atom. The number of carbonyl (C=O) groups excluding carboxylic acids is 3. The van der Waals surface area contributed by atoms with Gasteiger partial charge in [-0.25, -0.2) is 4.79 Å². The molecule has 2 aliphatic rings. The van der Waals surface area contributed by atoms with Crippen molar-refractivity contribution in [2.75, 3.05) is 13.6 Å². The third kappa shape index (κ3) is 5.46.